The van der Waals surface area contributed by atoms with E-state index in [2.05, 4.69) is 35.2 Å². The van der Waals surface area contributed by atoms with Crippen LogP contribution in [-0.4, -0.2) is 31.1 Å². The lowest BCUT2D eigenvalue weighted by atomic mass is 10.0. The maximum absolute atomic E-state index is 6.36. The summed E-state index contributed by atoms with van der Waals surface area (Å²) in [5, 5.41) is 0. The smallest absolute Gasteiger partial charge is 0.125 e. The van der Waals surface area contributed by atoms with E-state index in [1.165, 1.54) is 82.2 Å². The zero-order chi connectivity index (χ0) is 15.7. The van der Waals surface area contributed by atoms with E-state index >= 15 is 0 Å². The first-order valence-corrected chi connectivity index (χ1v) is 9.56. The first kappa shape index (κ1) is 16.6. The predicted octanol–water partition coefficient (Wildman–Crippen LogP) is 5.25. The van der Waals surface area contributed by atoms with Crippen molar-refractivity contribution in [3.8, 4) is 0 Å². The van der Waals surface area contributed by atoms with Crippen molar-refractivity contribution in [1.82, 2.24) is 4.90 Å². The van der Waals surface area contributed by atoms with E-state index in [0.29, 0.717) is 0 Å². The molecular formula is C21H31NO. The minimum absolute atomic E-state index is 0.827. The van der Waals surface area contributed by atoms with Gasteiger partial charge in [0.25, 0.3) is 0 Å². The summed E-state index contributed by atoms with van der Waals surface area (Å²) in [6.45, 7) is 4.40. The van der Waals surface area contributed by atoms with Crippen LogP contribution >= 0.6 is 0 Å². The maximum Gasteiger partial charge on any atom is 0.125 e. The number of allylic oxidation sites excluding steroid dienone is 1. The van der Waals surface area contributed by atoms with Crippen molar-refractivity contribution >= 4 is 5.76 Å². The lowest BCUT2D eigenvalue weighted by Crippen LogP contribution is -2.32. The van der Waals surface area contributed by atoms with E-state index in [9.17, 15) is 0 Å². The van der Waals surface area contributed by atoms with Gasteiger partial charge in [-0.05, 0) is 57.2 Å². The van der Waals surface area contributed by atoms with Crippen molar-refractivity contribution in [2.45, 2.75) is 57.8 Å². The number of rotatable bonds is 5. The van der Waals surface area contributed by atoms with Crippen molar-refractivity contribution in [2.24, 2.45) is 0 Å². The van der Waals surface area contributed by atoms with Crippen LogP contribution in [0.4, 0.5) is 0 Å². The van der Waals surface area contributed by atoms with E-state index in [1.807, 2.05) is 0 Å². The van der Waals surface area contributed by atoms with Crippen LogP contribution in [0.2, 0.25) is 0 Å². The highest BCUT2D eigenvalue weighted by Crippen LogP contribution is 2.30. The maximum atomic E-state index is 6.36. The fraction of sp³-hybridized carbons (Fsp3) is 0.619. The molecule has 1 aliphatic heterocycles. The SMILES string of the molecule is c1ccc(C(OCCN2CCCCC2)=C2CCCCCC2)cc1. The lowest BCUT2D eigenvalue weighted by molar-refractivity contribution is 0.168. The lowest BCUT2D eigenvalue weighted by Gasteiger charge is -2.26. The topological polar surface area (TPSA) is 12.5 Å². The molecule has 1 saturated carbocycles. The van der Waals surface area contributed by atoms with Gasteiger partial charge < -0.3 is 4.74 Å². The van der Waals surface area contributed by atoms with Crippen LogP contribution in [0.5, 0.6) is 0 Å². The molecule has 2 nitrogen and oxygen atoms in total. The summed E-state index contributed by atoms with van der Waals surface area (Å²) in [6.07, 6.45) is 11.9. The molecule has 1 aliphatic carbocycles. The summed E-state index contributed by atoms with van der Waals surface area (Å²) in [5.41, 5.74) is 2.82. The highest BCUT2D eigenvalue weighted by molar-refractivity contribution is 5.63. The fourth-order valence-electron chi connectivity index (χ4n) is 3.82. The van der Waals surface area contributed by atoms with E-state index in [1.54, 1.807) is 5.57 Å². The second-order valence-corrected chi connectivity index (χ2v) is 6.96. The molecule has 126 valence electrons. The Labute approximate surface area is 141 Å². The normalized spacial score (nSPS) is 20.1. The number of hydrogen-bond acceptors (Lipinski definition) is 2. The molecule has 2 fully saturated rings. The molecule has 0 amide bonds. The third-order valence-electron chi connectivity index (χ3n) is 5.17. The molecule has 0 spiro atoms. The van der Waals surface area contributed by atoms with Gasteiger partial charge in [-0.2, -0.15) is 0 Å². The van der Waals surface area contributed by atoms with Gasteiger partial charge in [0.05, 0.1) is 0 Å². The summed E-state index contributed by atoms with van der Waals surface area (Å²) >= 11 is 0. The van der Waals surface area contributed by atoms with Crippen molar-refractivity contribution in [3.63, 3.8) is 0 Å². The van der Waals surface area contributed by atoms with Crippen LogP contribution in [0.3, 0.4) is 0 Å². The van der Waals surface area contributed by atoms with Crippen molar-refractivity contribution in [2.75, 3.05) is 26.2 Å². The molecule has 1 aromatic rings. The van der Waals surface area contributed by atoms with Crippen LogP contribution < -0.4 is 0 Å². The Morgan fingerprint density at radius 1 is 0.826 bits per heavy atom. The molecule has 3 rings (SSSR count). The van der Waals surface area contributed by atoms with E-state index < -0.39 is 0 Å². The van der Waals surface area contributed by atoms with Gasteiger partial charge in [0.2, 0.25) is 0 Å². The van der Waals surface area contributed by atoms with E-state index in [0.717, 1.165) is 13.2 Å². The van der Waals surface area contributed by atoms with Gasteiger partial charge in [-0.15, -0.1) is 0 Å². The molecule has 1 heterocycles. The molecule has 23 heavy (non-hydrogen) atoms. The average Bonchev–Trinajstić information content (AvgIpc) is 2.90. The van der Waals surface area contributed by atoms with E-state index in [-0.39, 0.29) is 0 Å². The van der Waals surface area contributed by atoms with Gasteiger partial charge in [0, 0.05) is 12.1 Å². The molecule has 0 aromatic heterocycles. The molecule has 0 N–H and O–H groups in total. The Morgan fingerprint density at radius 2 is 1.48 bits per heavy atom. The van der Waals surface area contributed by atoms with Crippen LogP contribution in [0.1, 0.15) is 63.4 Å². The largest absolute Gasteiger partial charge is 0.492 e. The fourth-order valence-corrected chi connectivity index (χ4v) is 3.82. The third kappa shape index (κ3) is 5.10. The third-order valence-corrected chi connectivity index (χ3v) is 5.17. The molecule has 0 bridgehead atoms. The zero-order valence-electron chi connectivity index (χ0n) is 14.4. The second-order valence-electron chi connectivity index (χ2n) is 6.96. The molecule has 2 heteroatoms. The van der Waals surface area contributed by atoms with Crippen LogP contribution in [0.25, 0.3) is 5.76 Å². The number of likely N-dealkylation sites (tertiary alicyclic amines) is 1. The molecule has 1 saturated heterocycles. The quantitative estimate of drug-likeness (QED) is 0.543. The molecule has 0 unspecified atom stereocenters. The van der Waals surface area contributed by atoms with Gasteiger partial charge in [0.15, 0.2) is 0 Å². The summed E-state index contributed by atoms with van der Waals surface area (Å²) in [4.78, 5) is 2.56. The monoisotopic (exact) mass is 313 g/mol. The number of hydrogen-bond donors (Lipinski definition) is 0. The molecular weight excluding hydrogens is 282 g/mol. The second kappa shape index (κ2) is 9.12. The predicted molar refractivity (Wildman–Crippen MR) is 97.3 cm³/mol. The number of piperidine rings is 1. The Kier molecular flexibility index (Phi) is 6.57. The molecule has 0 radical (unpaired) electrons. The highest BCUT2D eigenvalue weighted by atomic mass is 16.5. The standard InChI is InChI=1S/C21H31NO/c1-2-6-12-19(11-5-1)21(20-13-7-3-8-14-20)23-18-17-22-15-9-4-10-16-22/h3,7-8,13-14H,1-2,4-6,9-12,15-18H2. The summed E-state index contributed by atoms with van der Waals surface area (Å²) < 4.78 is 6.36. The molecule has 2 aliphatic rings. The number of benzene rings is 1. The number of ether oxygens (including phenoxy) is 1. The Hall–Kier alpha value is -1.28. The van der Waals surface area contributed by atoms with Gasteiger partial charge >= 0.3 is 0 Å². The van der Waals surface area contributed by atoms with Crippen molar-refractivity contribution in [3.05, 3.63) is 41.5 Å². The Balaban J connectivity index is 1.66. The van der Waals surface area contributed by atoms with Crippen LogP contribution in [-0.2, 0) is 4.74 Å². The van der Waals surface area contributed by atoms with E-state index in [4.69, 9.17) is 4.74 Å². The van der Waals surface area contributed by atoms with Gasteiger partial charge in [0.1, 0.15) is 12.4 Å². The highest BCUT2D eigenvalue weighted by Gasteiger charge is 2.15. The molecule has 1 aromatic carbocycles. The summed E-state index contributed by atoms with van der Waals surface area (Å²) in [7, 11) is 0. The average molecular weight is 313 g/mol. The Bertz CT molecular complexity index is 478. The van der Waals surface area contributed by atoms with Gasteiger partial charge in [-0.1, -0.05) is 49.6 Å². The van der Waals surface area contributed by atoms with Gasteiger partial charge in [-0.3, -0.25) is 4.90 Å². The van der Waals surface area contributed by atoms with Gasteiger partial charge in [-0.25, -0.2) is 0 Å². The summed E-state index contributed by atoms with van der Waals surface area (Å²) in [6, 6.07) is 10.7. The zero-order valence-corrected chi connectivity index (χ0v) is 14.4. The summed E-state index contributed by atoms with van der Waals surface area (Å²) in [5.74, 6) is 1.18. The van der Waals surface area contributed by atoms with Crippen molar-refractivity contribution in [1.29, 1.82) is 0 Å². The van der Waals surface area contributed by atoms with Crippen molar-refractivity contribution < 1.29 is 4.74 Å². The van der Waals surface area contributed by atoms with Crippen LogP contribution in [0.15, 0.2) is 35.9 Å². The first-order valence-electron chi connectivity index (χ1n) is 9.56. The minimum Gasteiger partial charge on any atom is -0.492 e. The Morgan fingerprint density at radius 3 is 2.17 bits per heavy atom. The van der Waals surface area contributed by atoms with Crippen LogP contribution in [0, 0.1) is 0 Å². The molecule has 0 atom stereocenters. The minimum atomic E-state index is 0.827. The first-order chi connectivity index (χ1) is 11.4. The number of nitrogens with zero attached hydrogens (tertiary/aromatic N) is 1.